The molecule has 1 atom stereocenters. The number of non-ortho nitro benzene ring substituents is 1. The molecule has 0 aliphatic rings. The van der Waals surface area contributed by atoms with Gasteiger partial charge in [0.2, 0.25) is 0 Å². The SMILES string of the molecule is N#Cc1cccc(C(N)Cc2ccc([N+](=O)[O-])cc2)c1. The van der Waals surface area contributed by atoms with Gasteiger partial charge in [-0.3, -0.25) is 10.1 Å². The highest BCUT2D eigenvalue weighted by atomic mass is 16.6. The molecular formula is C15H13N3O2. The third-order valence-corrected chi connectivity index (χ3v) is 3.05. The van der Waals surface area contributed by atoms with Gasteiger partial charge in [0.1, 0.15) is 0 Å². The predicted molar refractivity (Wildman–Crippen MR) is 74.9 cm³/mol. The molecule has 1 unspecified atom stereocenters. The van der Waals surface area contributed by atoms with E-state index in [9.17, 15) is 10.1 Å². The molecule has 0 aliphatic heterocycles. The Morgan fingerprint density at radius 1 is 1.25 bits per heavy atom. The largest absolute Gasteiger partial charge is 0.324 e. The van der Waals surface area contributed by atoms with E-state index in [4.69, 9.17) is 11.0 Å². The fourth-order valence-corrected chi connectivity index (χ4v) is 1.96. The monoisotopic (exact) mass is 267 g/mol. The number of benzene rings is 2. The first kappa shape index (κ1) is 13.7. The second kappa shape index (κ2) is 5.95. The lowest BCUT2D eigenvalue weighted by Gasteiger charge is -2.12. The van der Waals surface area contributed by atoms with Crippen LogP contribution in [0.15, 0.2) is 48.5 Å². The van der Waals surface area contributed by atoms with Crippen molar-refractivity contribution in [3.63, 3.8) is 0 Å². The van der Waals surface area contributed by atoms with Gasteiger partial charge in [0.05, 0.1) is 16.6 Å². The standard InChI is InChI=1S/C15H13N3O2/c16-10-12-2-1-3-13(8-12)15(17)9-11-4-6-14(7-5-11)18(19)20/h1-8,15H,9,17H2. The molecule has 20 heavy (non-hydrogen) atoms. The molecule has 100 valence electrons. The van der Waals surface area contributed by atoms with Crippen molar-refractivity contribution in [1.82, 2.24) is 0 Å². The summed E-state index contributed by atoms with van der Waals surface area (Å²) in [5, 5.41) is 19.4. The zero-order valence-corrected chi connectivity index (χ0v) is 10.7. The molecule has 0 heterocycles. The second-order valence-corrected chi connectivity index (χ2v) is 4.47. The molecule has 0 saturated carbocycles. The van der Waals surface area contributed by atoms with Crippen LogP contribution in [0.25, 0.3) is 0 Å². The summed E-state index contributed by atoms with van der Waals surface area (Å²) in [4.78, 5) is 10.1. The van der Waals surface area contributed by atoms with Gasteiger partial charge in [0.25, 0.3) is 5.69 Å². The Labute approximate surface area is 116 Å². The lowest BCUT2D eigenvalue weighted by atomic mass is 9.98. The molecule has 0 radical (unpaired) electrons. The molecule has 5 heteroatoms. The number of rotatable bonds is 4. The number of nitro benzene ring substituents is 1. The number of nitrogens with two attached hydrogens (primary N) is 1. The molecule has 5 nitrogen and oxygen atoms in total. The van der Waals surface area contributed by atoms with Crippen LogP contribution in [-0.2, 0) is 6.42 Å². The third-order valence-electron chi connectivity index (χ3n) is 3.05. The highest BCUT2D eigenvalue weighted by Gasteiger charge is 2.09. The molecule has 2 N–H and O–H groups in total. The summed E-state index contributed by atoms with van der Waals surface area (Å²) >= 11 is 0. The molecular weight excluding hydrogens is 254 g/mol. The molecule has 0 bridgehead atoms. The fourth-order valence-electron chi connectivity index (χ4n) is 1.96. The minimum atomic E-state index is -0.430. The Kier molecular flexibility index (Phi) is 4.08. The molecule has 0 amide bonds. The average molecular weight is 267 g/mol. The van der Waals surface area contributed by atoms with Crippen molar-refractivity contribution in [2.45, 2.75) is 12.5 Å². The molecule has 2 aromatic rings. The van der Waals surface area contributed by atoms with E-state index >= 15 is 0 Å². The molecule has 0 aliphatic carbocycles. The van der Waals surface area contributed by atoms with Gasteiger partial charge in [-0.15, -0.1) is 0 Å². The van der Waals surface area contributed by atoms with Gasteiger partial charge in [0.15, 0.2) is 0 Å². The number of hydrogen-bond acceptors (Lipinski definition) is 4. The van der Waals surface area contributed by atoms with E-state index in [2.05, 4.69) is 6.07 Å². The zero-order valence-electron chi connectivity index (χ0n) is 10.7. The summed E-state index contributed by atoms with van der Waals surface area (Å²) in [5.41, 5.74) is 8.54. The van der Waals surface area contributed by atoms with Crippen LogP contribution in [0.1, 0.15) is 22.7 Å². The number of nitro groups is 1. The molecule has 2 aromatic carbocycles. The maximum absolute atomic E-state index is 10.6. The highest BCUT2D eigenvalue weighted by Crippen LogP contribution is 2.19. The maximum Gasteiger partial charge on any atom is 0.269 e. The van der Waals surface area contributed by atoms with Crippen molar-refractivity contribution in [2.75, 3.05) is 0 Å². The molecule has 0 aromatic heterocycles. The van der Waals surface area contributed by atoms with Crippen molar-refractivity contribution >= 4 is 5.69 Å². The van der Waals surface area contributed by atoms with Crippen LogP contribution in [0, 0.1) is 21.4 Å². The molecule has 0 fully saturated rings. The van der Waals surface area contributed by atoms with Crippen molar-refractivity contribution in [3.8, 4) is 6.07 Å². The minimum absolute atomic E-state index is 0.0637. The van der Waals surface area contributed by atoms with Gasteiger partial charge in [-0.1, -0.05) is 24.3 Å². The normalized spacial score (nSPS) is 11.6. The lowest BCUT2D eigenvalue weighted by Crippen LogP contribution is -2.13. The van der Waals surface area contributed by atoms with Gasteiger partial charge in [-0.2, -0.15) is 5.26 Å². The van der Waals surface area contributed by atoms with Crippen LogP contribution >= 0.6 is 0 Å². The Hall–Kier alpha value is -2.71. The first-order valence-electron chi connectivity index (χ1n) is 6.09. The summed E-state index contributed by atoms with van der Waals surface area (Å²) in [5.74, 6) is 0. The minimum Gasteiger partial charge on any atom is -0.324 e. The van der Waals surface area contributed by atoms with E-state index in [0.717, 1.165) is 11.1 Å². The van der Waals surface area contributed by atoms with Crippen LogP contribution in [0.3, 0.4) is 0 Å². The summed E-state index contributed by atoms with van der Waals surface area (Å²) in [7, 11) is 0. The van der Waals surface area contributed by atoms with Crippen molar-refractivity contribution in [3.05, 3.63) is 75.3 Å². The lowest BCUT2D eigenvalue weighted by molar-refractivity contribution is -0.384. The average Bonchev–Trinajstić information content (AvgIpc) is 2.47. The quantitative estimate of drug-likeness (QED) is 0.680. The Balaban J connectivity index is 2.12. The third kappa shape index (κ3) is 3.19. The zero-order chi connectivity index (χ0) is 14.5. The topological polar surface area (TPSA) is 93.0 Å². The van der Waals surface area contributed by atoms with Crippen molar-refractivity contribution < 1.29 is 4.92 Å². The van der Waals surface area contributed by atoms with Crippen LogP contribution < -0.4 is 5.73 Å². The van der Waals surface area contributed by atoms with Crippen LogP contribution in [0.4, 0.5) is 5.69 Å². The van der Waals surface area contributed by atoms with E-state index < -0.39 is 4.92 Å². The first-order valence-corrected chi connectivity index (χ1v) is 6.09. The van der Waals surface area contributed by atoms with E-state index in [1.807, 2.05) is 6.07 Å². The Morgan fingerprint density at radius 2 is 1.95 bits per heavy atom. The summed E-state index contributed by atoms with van der Waals surface area (Å²) in [6.07, 6.45) is 0.562. The number of nitrogens with zero attached hydrogens (tertiary/aromatic N) is 2. The maximum atomic E-state index is 10.6. The van der Waals surface area contributed by atoms with Crippen molar-refractivity contribution in [2.24, 2.45) is 5.73 Å². The van der Waals surface area contributed by atoms with E-state index in [1.54, 1.807) is 30.3 Å². The first-order chi connectivity index (χ1) is 9.60. The van der Waals surface area contributed by atoms with E-state index in [-0.39, 0.29) is 11.7 Å². The Bertz CT molecular complexity index is 660. The Morgan fingerprint density at radius 3 is 2.55 bits per heavy atom. The van der Waals surface area contributed by atoms with Crippen LogP contribution in [0.2, 0.25) is 0 Å². The van der Waals surface area contributed by atoms with Gasteiger partial charge < -0.3 is 5.73 Å². The summed E-state index contributed by atoms with van der Waals surface area (Å²) in [6, 6.07) is 15.3. The second-order valence-electron chi connectivity index (χ2n) is 4.47. The van der Waals surface area contributed by atoms with Crippen LogP contribution in [-0.4, -0.2) is 4.92 Å². The molecule has 2 rings (SSSR count). The number of nitriles is 1. The highest BCUT2D eigenvalue weighted by molar-refractivity contribution is 5.36. The predicted octanol–water partition coefficient (Wildman–Crippen LogP) is 2.71. The van der Waals surface area contributed by atoms with Crippen LogP contribution in [0.5, 0.6) is 0 Å². The van der Waals surface area contributed by atoms with Gasteiger partial charge in [0, 0.05) is 18.2 Å². The fraction of sp³-hybridized carbons (Fsp3) is 0.133. The molecule has 0 spiro atoms. The summed E-state index contributed by atoms with van der Waals surface area (Å²) < 4.78 is 0. The van der Waals surface area contributed by atoms with Gasteiger partial charge in [-0.25, -0.2) is 0 Å². The summed E-state index contributed by atoms with van der Waals surface area (Å²) in [6.45, 7) is 0. The number of hydrogen-bond donors (Lipinski definition) is 1. The molecule has 0 saturated heterocycles. The van der Waals surface area contributed by atoms with Gasteiger partial charge >= 0.3 is 0 Å². The van der Waals surface area contributed by atoms with Gasteiger partial charge in [-0.05, 0) is 29.7 Å². The van der Waals surface area contributed by atoms with E-state index in [1.165, 1.54) is 12.1 Å². The van der Waals surface area contributed by atoms with Crippen molar-refractivity contribution in [1.29, 1.82) is 5.26 Å². The smallest absolute Gasteiger partial charge is 0.269 e. The van der Waals surface area contributed by atoms with E-state index in [0.29, 0.717) is 12.0 Å².